The highest BCUT2D eigenvalue weighted by molar-refractivity contribution is 7.85. The Morgan fingerprint density at radius 2 is 2.13 bits per heavy atom. The number of hydrogen-bond acceptors (Lipinski definition) is 4. The zero-order valence-corrected chi connectivity index (χ0v) is 8.63. The van der Waals surface area contributed by atoms with Gasteiger partial charge in [-0.25, -0.2) is 0 Å². The molecule has 0 bridgehead atoms. The van der Waals surface area contributed by atoms with Crippen LogP contribution in [0.2, 0.25) is 0 Å². The number of benzene rings is 1. The first kappa shape index (κ1) is 11.5. The summed E-state index contributed by atoms with van der Waals surface area (Å²) in [6, 6.07) is 4.63. The van der Waals surface area contributed by atoms with E-state index >= 15 is 0 Å². The molecule has 15 heavy (non-hydrogen) atoms. The smallest absolute Gasteiger partial charge is 0.294 e. The van der Waals surface area contributed by atoms with Crippen LogP contribution < -0.4 is 11.1 Å². The molecule has 0 atom stereocenters. The van der Waals surface area contributed by atoms with Gasteiger partial charge in [0.25, 0.3) is 10.1 Å². The fraction of sp³-hybridized carbons (Fsp3) is 0.125. The molecule has 0 unspecified atom stereocenters. The third-order valence-corrected chi connectivity index (χ3v) is 2.30. The molecule has 0 aliphatic heterocycles. The van der Waals surface area contributed by atoms with E-state index < -0.39 is 16.0 Å². The number of rotatable bonds is 2. The molecule has 7 heteroatoms. The summed E-state index contributed by atoms with van der Waals surface area (Å²) in [6.07, 6.45) is 0. The third kappa shape index (κ3) is 3.22. The Morgan fingerprint density at radius 3 is 2.60 bits per heavy atom. The van der Waals surface area contributed by atoms with Gasteiger partial charge in [-0.3, -0.25) is 9.35 Å². The Labute approximate surface area is 86.8 Å². The second-order valence-corrected chi connectivity index (χ2v) is 4.26. The van der Waals surface area contributed by atoms with Gasteiger partial charge in [0, 0.05) is 18.7 Å². The fourth-order valence-electron chi connectivity index (χ4n) is 0.971. The molecule has 0 aliphatic carbocycles. The molecule has 0 fully saturated rings. The molecule has 81 valence electrons. The first-order valence-electron chi connectivity index (χ1n) is 3.87. The Balaban J connectivity index is 3.23. The maximum absolute atomic E-state index is 10.8. The molecule has 4 N–H and O–H groups in total. The number of anilines is 2. The quantitative estimate of drug-likeness (QED) is 0.498. The molecule has 1 aromatic carbocycles. The van der Waals surface area contributed by atoms with E-state index in [1.165, 1.54) is 6.92 Å². The highest BCUT2D eigenvalue weighted by Gasteiger charge is 2.12. The predicted molar refractivity (Wildman–Crippen MR) is 53.8 cm³/mol. The van der Waals surface area contributed by atoms with Crippen LogP contribution in [0.5, 0.6) is 0 Å². The summed E-state index contributed by atoms with van der Waals surface area (Å²) in [5, 5.41) is 2.31. The second kappa shape index (κ2) is 3.87. The zero-order chi connectivity index (χ0) is 11.6. The van der Waals surface area contributed by atoms with Gasteiger partial charge in [0.1, 0.15) is 0 Å². The Kier molecular flexibility index (Phi) is 2.96. The summed E-state index contributed by atoms with van der Waals surface area (Å²) in [7, 11) is -4.33. The normalized spacial score (nSPS) is 11.1. The van der Waals surface area contributed by atoms with Gasteiger partial charge in [-0.2, -0.15) is 8.42 Å². The van der Waals surface area contributed by atoms with E-state index in [9.17, 15) is 13.2 Å². The summed E-state index contributed by atoms with van der Waals surface area (Å²) in [5.74, 6) is -0.391. The number of nitrogens with two attached hydrogens (primary N) is 1. The fourth-order valence-corrected chi connectivity index (χ4v) is 1.51. The lowest BCUT2D eigenvalue weighted by Crippen LogP contribution is -2.08. The number of amides is 1. The molecular formula is C8H9N2O4S. The summed E-state index contributed by atoms with van der Waals surface area (Å²) >= 11 is 0. The first-order valence-corrected chi connectivity index (χ1v) is 5.31. The van der Waals surface area contributed by atoms with E-state index in [4.69, 9.17) is 10.3 Å². The van der Waals surface area contributed by atoms with Crippen LogP contribution in [0.4, 0.5) is 11.4 Å². The number of nitrogens with one attached hydrogen (secondary N) is 1. The molecule has 0 saturated heterocycles. The molecule has 0 aromatic heterocycles. The van der Waals surface area contributed by atoms with Crippen molar-refractivity contribution in [1.29, 1.82) is 0 Å². The van der Waals surface area contributed by atoms with Crippen LogP contribution in [-0.2, 0) is 14.9 Å². The van der Waals surface area contributed by atoms with Crippen LogP contribution in [0.1, 0.15) is 6.92 Å². The minimum atomic E-state index is -4.33. The van der Waals surface area contributed by atoms with Gasteiger partial charge in [-0.15, -0.1) is 0 Å². The van der Waals surface area contributed by atoms with Crippen molar-refractivity contribution in [3.63, 3.8) is 0 Å². The zero-order valence-electron chi connectivity index (χ0n) is 7.81. The summed E-state index contributed by atoms with van der Waals surface area (Å²) in [4.78, 5) is 10.3. The van der Waals surface area contributed by atoms with E-state index in [0.717, 1.165) is 12.1 Å². The average molecular weight is 229 g/mol. The molecule has 1 radical (unpaired) electrons. The lowest BCUT2D eigenvalue weighted by atomic mass is 10.3. The van der Waals surface area contributed by atoms with Crippen molar-refractivity contribution in [3.05, 3.63) is 18.2 Å². The Bertz CT molecular complexity index is 495. The molecule has 1 amide bonds. The van der Waals surface area contributed by atoms with E-state index in [0.29, 0.717) is 0 Å². The lowest BCUT2D eigenvalue weighted by molar-refractivity contribution is -0.114. The summed E-state index contributed by atoms with van der Waals surface area (Å²) in [5.41, 5.74) is 5.45. The molecule has 1 rings (SSSR count). The van der Waals surface area contributed by atoms with Gasteiger partial charge in [0.15, 0.2) is 0 Å². The van der Waals surface area contributed by atoms with Crippen molar-refractivity contribution in [2.75, 3.05) is 11.1 Å². The maximum Gasteiger partial charge on any atom is 0.294 e. The van der Waals surface area contributed by atoms with Crippen molar-refractivity contribution in [1.82, 2.24) is 0 Å². The number of nitrogen functional groups attached to an aromatic ring is 1. The monoisotopic (exact) mass is 229 g/mol. The van der Waals surface area contributed by atoms with E-state index in [1.54, 1.807) is 0 Å². The van der Waals surface area contributed by atoms with Crippen LogP contribution in [0.3, 0.4) is 0 Å². The molecular weight excluding hydrogens is 220 g/mol. The maximum atomic E-state index is 10.8. The summed E-state index contributed by atoms with van der Waals surface area (Å²) in [6.45, 7) is 1.25. The standard InChI is InChI=1S/C8H9N2O4S/c1-5(11)10-7-2-6(9)3-8(4-7)15(12,13)14/h3-4H,9H2,1H3,(H,10,11)(H,12,13,14). The van der Waals surface area contributed by atoms with Gasteiger partial charge in [-0.05, 0) is 12.1 Å². The SMILES string of the molecule is CC(=O)Nc1[c]c(N)cc(S(=O)(=O)O)c1. The molecule has 6 nitrogen and oxygen atoms in total. The Hall–Kier alpha value is -1.60. The lowest BCUT2D eigenvalue weighted by Gasteiger charge is -2.05. The highest BCUT2D eigenvalue weighted by atomic mass is 32.2. The van der Waals surface area contributed by atoms with Crippen LogP contribution in [0, 0.1) is 6.07 Å². The van der Waals surface area contributed by atoms with Crippen LogP contribution in [-0.4, -0.2) is 18.9 Å². The van der Waals surface area contributed by atoms with Gasteiger partial charge >= 0.3 is 0 Å². The van der Waals surface area contributed by atoms with Gasteiger partial charge < -0.3 is 11.1 Å². The third-order valence-electron chi connectivity index (χ3n) is 1.47. The van der Waals surface area contributed by atoms with Gasteiger partial charge in [0.2, 0.25) is 5.91 Å². The van der Waals surface area contributed by atoms with Crippen molar-refractivity contribution >= 4 is 27.4 Å². The number of carbonyl (C=O) groups is 1. The van der Waals surface area contributed by atoms with Crippen molar-refractivity contribution < 1.29 is 17.8 Å². The first-order chi connectivity index (χ1) is 6.79. The second-order valence-electron chi connectivity index (χ2n) is 2.84. The van der Waals surface area contributed by atoms with Crippen molar-refractivity contribution in [3.8, 4) is 0 Å². The van der Waals surface area contributed by atoms with Crippen molar-refractivity contribution in [2.45, 2.75) is 11.8 Å². The minimum Gasteiger partial charge on any atom is -0.398 e. The number of carbonyl (C=O) groups excluding carboxylic acids is 1. The average Bonchev–Trinajstić information content (AvgIpc) is 1.99. The van der Waals surface area contributed by atoms with Gasteiger partial charge in [0.05, 0.1) is 10.6 Å². The Morgan fingerprint density at radius 1 is 1.53 bits per heavy atom. The van der Waals surface area contributed by atoms with Gasteiger partial charge in [-0.1, -0.05) is 0 Å². The predicted octanol–water partition coefficient (Wildman–Crippen LogP) is 0.274. The van der Waals surface area contributed by atoms with Crippen LogP contribution in [0.15, 0.2) is 17.0 Å². The van der Waals surface area contributed by atoms with Crippen LogP contribution in [0.25, 0.3) is 0 Å². The minimum absolute atomic E-state index is 0.00822. The topological polar surface area (TPSA) is 109 Å². The van der Waals surface area contributed by atoms with Crippen molar-refractivity contribution in [2.24, 2.45) is 0 Å². The molecule has 0 aliphatic rings. The molecule has 1 aromatic rings. The van der Waals surface area contributed by atoms with Crippen LogP contribution >= 0.6 is 0 Å². The molecule has 0 saturated carbocycles. The number of hydrogen-bond donors (Lipinski definition) is 3. The van der Waals surface area contributed by atoms with E-state index in [-0.39, 0.29) is 16.3 Å². The summed E-state index contributed by atoms with van der Waals surface area (Å²) < 4.78 is 30.4. The van der Waals surface area contributed by atoms with E-state index in [1.807, 2.05) is 0 Å². The molecule has 0 heterocycles. The van der Waals surface area contributed by atoms with E-state index in [2.05, 4.69) is 11.4 Å². The highest BCUT2D eigenvalue weighted by Crippen LogP contribution is 2.19. The molecule has 0 spiro atoms. The largest absolute Gasteiger partial charge is 0.398 e.